The molecule has 0 aliphatic rings. The van der Waals surface area contributed by atoms with Gasteiger partial charge in [-0.25, -0.2) is 18.7 Å². The van der Waals surface area contributed by atoms with Crippen molar-refractivity contribution >= 4 is 28.3 Å². The molecule has 2 aromatic carbocycles. The van der Waals surface area contributed by atoms with E-state index in [1.54, 1.807) is 55.5 Å². The first kappa shape index (κ1) is 18.2. The maximum Gasteiger partial charge on any atom is 0.297 e. The molecule has 0 saturated carbocycles. The highest BCUT2D eigenvalue weighted by Crippen LogP contribution is 2.28. The van der Waals surface area contributed by atoms with Crippen molar-refractivity contribution in [3.05, 3.63) is 65.3 Å². The van der Waals surface area contributed by atoms with Crippen molar-refractivity contribution in [2.24, 2.45) is 0 Å². The first-order valence-electron chi connectivity index (χ1n) is 8.42. The highest BCUT2D eigenvalue weighted by molar-refractivity contribution is 6.30. The molecule has 4 aromatic rings. The van der Waals surface area contributed by atoms with Crippen molar-refractivity contribution in [3.8, 4) is 11.4 Å². The van der Waals surface area contributed by atoms with Gasteiger partial charge in [0.25, 0.3) is 6.43 Å². The van der Waals surface area contributed by atoms with Gasteiger partial charge in [0, 0.05) is 16.0 Å². The SMILES string of the molecule is C[C@@H](Nc1nc(C(F)F)nc2ccccc12)c1nc(-c2ccc(Cl)cc2)no1. The smallest absolute Gasteiger partial charge is 0.297 e. The average molecular weight is 402 g/mol. The molecule has 2 heterocycles. The van der Waals surface area contributed by atoms with Gasteiger partial charge in [0.05, 0.1) is 5.52 Å². The number of para-hydroxylation sites is 1. The minimum atomic E-state index is -2.78. The zero-order valence-electron chi connectivity index (χ0n) is 14.6. The number of halogens is 3. The van der Waals surface area contributed by atoms with Gasteiger partial charge in [-0.3, -0.25) is 0 Å². The Balaban J connectivity index is 1.63. The molecule has 4 rings (SSSR count). The van der Waals surface area contributed by atoms with Crippen LogP contribution in [0.1, 0.15) is 31.1 Å². The highest BCUT2D eigenvalue weighted by Gasteiger charge is 2.19. The van der Waals surface area contributed by atoms with Crippen molar-refractivity contribution in [2.45, 2.75) is 19.4 Å². The molecule has 0 unspecified atom stereocenters. The van der Waals surface area contributed by atoms with Crippen LogP contribution in [0.2, 0.25) is 5.02 Å². The van der Waals surface area contributed by atoms with Crippen LogP contribution in [0.5, 0.6) is 0 Å². The molecule has 0 spiro atoms. The molecule has 1 N–H and O–H groups in total. The van der Waals surface area contributed by atoms with E-state index >= 15 is 0 Å². The molecule has 142 valence electrons. The lowest BCUT2D eigenvalue weighted by molar-refractivity contribution is 0.141. The molecular weight excluding hydrogens is 388 g/mol. The summed E-state index contributed by atoms with van der Waals surface area (Å²) in [6.45, 7) is 1.78. The van der Waals surface area contributed by atoms with Gasteiger partial charge in [-0.15, -0.1) is 0 Å². The third-order valence-corrected chi connectivity index (χ3v) is 4.34. The van der Waals surface area contributed by atoms with E-state index in [9.17, 15) is 8.78 Å². The Morgan fingerprint density at radius 3 is 2.50 bits per heavy atom. The molecule has 0 amide bonds. The number of anilines is 1. The van der Waals surface area contributed by atoms with Crippen LogP contribution in [-0.2, 0) is 0 Å². The summed E-state index contributed by atoms with van der Waals surface area (Å²) in [6.07, 6.45) is -2.78. The minimum absolute atomic E-state index is 0.277. The first-order chi connectivity index (χ1) is 13.5. The molecule has 0 fully saturated rings. The quantitative estimate of drug-likeness (QED) is 0.479. The second kappa shape index (κ2) is 7.47. The summed E-state index contributed by atoms with van der Waals surface area (Å²) in [7, 11) is 0. The number of fused-ring (bicyclic) bond motifs is 1. The van der Waals surface area contributed by atoms with Crippen LogP contribution in [0.3, 0.4) is 0 Å². The molecule has 0 saturated heterocycles. The Labute approximate surface area is 163 Å². The maximum absolute atomic E-state index is 13.2. The topological polar surface area (TPSA) is 76.7 Å². The van der Waals surface area contributed by atoms with Crippen molar-refractivity contribution in [1.82, 2.24) is 20.1 Å². The van der Waals surface area contributed by atoms with E-state index in [0.29, 0.717) is 27.6 Å². The van der Waals surface area contributed by atoms with E-state index in [1.807, 2.05) is 0 Å². The van der Waals surface area contributed by atoms with Gasteiger partial charge in [0.1, 0.15) is 11.9 Å². The van der Waals surface area contributed by atoms with Crippen LogP contribution >= 0.6 is 11.6 Å². The predicted octanol–water partition coefficient (Wildman–Crippen LogP) is 5.44. The summed E-state index contributed by atoms with van der Waals surface area (Å²) in [5.74, 6) is 0.438. The number of rotatable bonds is 5. The lowest BCUT2D eigenvalue weighted by Gasteiger charge is -2.13. The third-order valence-electron chi connectivity index (χ3n) is 4.08. The van der Waals surface area contributed by atoms with Crippen LogP contribution < -0.4 is 5.32 Å². The molecule has 0 radical (unpaired) electrons. The van der Waals surface area contributed by atoms with Crippen LogP contribution in [-0.4, -0.2) is 20.1 Å². The van der Waals surface area contributed by atoms with Gasteiger partial charge in [0.15, 0.2) is 5.82 Å². The number of nitrogens with zero attached hydrogens (tertiary/aromatic N) is 4. The van der Waals surface area contributed by atoms with Crippen LogP contribution in [0, 0.1) is 0 Å². The minimum Gasteiger partial charge on any atom is -0.358 e. The average Bonchev–Trinajstić information content (AvgIpc) is 3.18. The fourth-order valence-electron chi connectivity index (χ4n) is 2.70. The summed E-state index contributed by atoms with van der Waals surface area (Å²) < 4.78 is 31.6. The molecule has 0 bridgehead atoms. The van der Waals surface area contributed by atoms with Gasteiger partial charge in [0.2, 0.25) is 11.7 Å². The number of benzene rings is 2. The molecule has 9 heteroatoms. The summed E-state index contributed by atoms with van der Waals surface area (Å²) >= 11 is 5.89. The Morgan fingerprint density at radius 2 is 1.75 bits per heavy atom. The van der Waals surface area contributed by atoms with Gasteiger partial charge < -0.3 is 9.84 Å². The maximum atomic E-state index is 13.2. The Morgan fingerprint density at radius 1 is 1.00 bits per heavy atom. The Bertz CT molecular complexity index is 1120. The zero-order valence-corrected chi connectivity index (χ0v) is 15.4. The van der Waals surface area contributed by atoms with Crippen LogP contribution in [0.15, 0.2) is 53.1 Å². The highest BCUT2D eigenvalue weighted by atomic mass is 35.5. The standard InChI is InChI=1S/C19H14ClF2N5O/c1-10(19-26-16(27-28-19)11-6-8-12(20)9-7-11)23-17-13-4-2-3-5-14(13)24-18(25-17)15(21)22/h2-10,15H,1H3,(H,23,24,25)/t10-/m1/s1. The lowest BCUT2D eigenvalue weighted by Crippen LogP contribution is -2.11. The number of hydrogen-bond donors (Lipinski definition) is 1. The molecule has 28 heavy (non-hydrogen) atoms. The van der Waals surface area contributed by atoms with Crippen LogP contribution in [0.25, 0.3) is 22.3 Å². The second-order valence-electron chi connectivity index (χ2n) is 6.08. The largest absolute Gasteiger partial charge is 0.358 e. The normalized spacial score (nSPS) is 12.5. The fourth-order valence-corrected chi connectivity index (χ4v) is 2.82. The molecule has 0 aliphatic carbocycles. The van der Waals surface area contributed by atoms with Gasteiger partial charge in [-0.1, -0.05) is 28.9 Å². The van der Waals surface area contributed by atoms with Gasteiger partial charge in [-0.2, -0.15) is 4.98 Å². The third kappa shape index (κ3) is 3.63. The van der Waals surface area contributed by atoms with Crippen molar-refractivity contribution in [1.29, 1.82) is 0 Å². The first-order valence-corrected chi connectivity index (χ1v) is 8.80. The second-order valence-corrected chi connectivity index (χ2v) is 6.51. The van der Waals surface area contributed by atoms with E-state index in [1.165, 1.54) is 0 Å². The molecule has 6 nitrogen and oxygen atoms in total. The molecule has 2 aromatic heterocycles. The number of aromatic nitrogens is 4. The van der Waals surface area contributed by atoms with E-state index in [2.05, 4.69) is 25.4 Å². The molecule has 1 atom stereocenters. The lowest BCUT2D eigenvalue weighted by atomic mass is 10.2. The van der Waals surface area contributed by atoms with Crippen molar-refractivity contribution in [2.75, 3.05) is 5.32 Å². The number of hydrogen-bond acceptors (Lipinski definition) is 6. The fraction of sp³-hybridized carbons (Fsp3) is 0.158. The number of alkyl halides is 2. The Hall–Kier alpha value is -3.13. The molecule has 0 aliphatic heterocycles. The van der Waals surface area contributed by atoms with E-state index in [0.717, 1.165) is 5.56 Å². The zero-order chi connectivity index (χ0) is 19.7. The van der Waals surface area contributed by atoms with Crippen LogP contribution in [0.4, 0.5) is 14.6 Å². The predicted molar refractivity (Wildman–Crippen MR) is 101 cm³/mol. The van der Waals surface area contributed by atoms with Gasteiger partial charge >= 0.3 is 0 Å². The summed E-state index contributed by atoms with van der Waals surface area (Å²) in [6, 6.07) is 13.5. The summed E-state index contributed by atoms with van der Waals surface area (Å²) in [5.41, 5.74) is 1.17. The van der Waals surface area contributed by atoms with Crippen molar-refractivity contribution < 1.29 is 13.3 Å². The Kier molecular flexibility index (Phi) is 4.87. The molecular formula is C19H14ClF2N5O. The van der Waals surface area contributed by atoms with E-state index in [-0.39, 0.29) is 5.82 Å². The summed E-state index contributed by atoms with van der Waals surface area (Å²) in [5, 5.41) is 8.26. The number of nitrogens with one attached hydrogen (secondary N) is 1. The van der Waals surface area contributed by atoms with Crippen molar-refractivity contribution in [3.63, 3.8) is 0 Å². The van der Waals surface area contributed by atoms with E-state index < -0.39 is 18.3 Å². The monoisotopic (exact) mass is 401 g/mol. The van der Waals surface area contributed by atoms with Gasteiger partial charge in [-0.05, 0) is 43.3 Å². The summed E-state index contributed by atoms with van der Waals surface area (Å²) in [4.78, 5) is 12.2. The van der Waals surface area contributed by atoms with E-state index in [4.69, 9.17) is 16.1 Å².